The summed E-state index contributed by atoms with van der Waals surface area (Å²) in [6.07, 6.45) is 10.5. The molecule has 0 bridgehead atoms. The van der Waals surface area contributed by atoms with Crippen LogP contribution in [0.1, 0.15) is 26.3 Å². The predicted octanol–water partition coefficient (Wildman–Crippen LogP) is 4.24. The third-order valence-corrected chi connectivity index (χ3v) is 2.88. The fraction of sp³-hybridized carbons (Fsp3) is 0.294. The van der Waals surface area contributed by atoms with Crippen molar-refractivity contribution in [1.29, 1.82) is 0 Å². The first-order chi connectivity index (χ1) is 8.77. The Balaban J connectivity index is 2.51. The van der Waals surface area contributed by atoms with Crippen molar-refractivity contribution in [3.63, 3.8) is 0 Å². The van der Waals surface area contributed by atoms with E-state index in [9.17, 15) is 0 Å². The van der Waals surface area contributed by atoms with E-state index in [1.54, 1.807) is 0 Å². The lowest BCUT2D eigenvalue weighted by atomic mass is 10.1. The molecule has 0 radical (unpaired) electrons. The summed E-state index contributed by atoms with van der Waals surface area (Å²) in [5.74, 6) is 0. The molecule has 18 heavy (non-hydrogen) atoms. The molecule has 0 spiro atoms. The Hall–Kier alpha value is -1.60. The molecule has 1 rings (SSSR count). The molecule has 0 aliphatic heterocycles. The molecule has 1 N–H and O–H groups in total. The first-order valence-corrected chi connectivity index (χ1v) is 6.50. The van der Waals surface area contributed by atoms with Crippen LogP contribution in [-0.4, -0.2) is 6.04 Å². The number of allylic oxidation sites excluding steroid dienone is 4. The molecule has 1 heteroatoms. The van der Waals surface area contributed by atoms with Crippen LogP contribution in [0, 0.1) is 0 Å². The number of benzene rings is 1. The predicted molar refractivity (Wildman–Crippen MR) is 80.5 cm³/mol. The van der Waals surface area contributed by atoms with Crippen LogP contribution in [0.3, 0.4) is 0 Å². The lowest BCUT2D eigenvalue weighted by Gasteiger charge is -2.15. The lowest BCUT2D eigenvalue weighted by molar-refractivity contribution is 0.616. The summed E-state index contributed by atoms with van der Waals surface area (Å²) in [7, 11) is 0. The van der Waals surface area contributed by atoms with Crippen LogP contribution in [-0.2, 0) is 6.54 Å². The van der Waals surface area contributed by atoms with Gasteiger partial charge in [-0.05, 0) is 31.9 Å². The second-order valence-electron chi connectivity index (χ2n) is 4.26. The second-order valence-corrected chi connectivity index (χ2v) is 4.26. The molecule has 0 heterocycles. The van der Waals surface area contributed by atoms with Crippen molar-refractivity contribution in [3.8, 4) is 0 Å². The number of hydrogen-bond acceptors (Lipinski definition) is 1. The second kappa shape index (κ2) is 8.48. The lowest BCUT2D eigenvalue weighted by Crippen LogP contribution is -2.26. The largest absolute Gasteiger partial charge is 0.306 e. The average molecular weight is 241 g/mol. The van der Waals surface area contributed by atoms with E-state index in [-0.39, 0.29) is 0 Å². The molecule has 1 unspecified atom stereocenters. The Kier molecular flexibility index (Phi) is 6.82. The van der Waals surface area contributed by atoms with Gasteiger partial charge in [-0.25, -0.2) is 0 Å². The molecular formula is C17H23N. The fourth-order valence-electron chi connectivity index (χ4n) is 1.75. The van der Waals surface area contributed by atoms with Crippen molar-refractivity contribution < 1.29 is 0 Å². The van der Waals surface area contributed by atoms with Gasteiger partial charge in [0.15, 0.2) is 0 Å². The van der Waals surface area contributed by atoms with Gasteiger partial charge < -0.3 is 5.32 Å². The average Bonchev–Trinajstić information content (AvgIpc) is 2.42. The van der Waals surface area contributed by atoms with Crippen molar-refractivity contribution in [1.82, 2.24) is 5.32 Å². The Morgan fingerprint density at radius 1 is 1.17 bits per heavy atom. The Morgan fingerprint density at radius 3 is 2.50 bits per heavy atom. The molecule has 1 nitrogen and oxygen atoms in total. The summed E-state index contributed by atoms with van der Waals surface area (Å²) in [6, 6.07) is 10.8. The molecule has 0 aromatic heterocycles. The monoisotopic (exact) mass is 241 g/mol. The van der Waals surface area contributed by atoms with Crippen molar-refractivity contribution in [2.45, 2.75) is 33.4 Å². The first-order valence-electron chi connectivity index (χ1n) is 6.50. The molecule has 1 aromatic carbocycles. The van der Waals surface area contributed by atoms with Gasteiger partial charge in [-0.15, -0.1) is 0 Å². The Bertz CT molecular complexity index is 412. The normalized spacial score (nSPS) is 14.5. The van der Waals surface area contributed by atoms with Gasteiger partial charge in [-0.2, -0.15) is 0 Å². The quantitative estimate of drug-likeness (QED) is 0.734. The minimum absolute atomic E-state index is 0.358. The summed E-state index contributed by atoms with van der Waals surface area (Å²) in [4.78, 5) is 0. The van der Waals surface area contributed by atoms with E-state index in [4.69, 9.17) is 0 Å². The van der Waals surface area contributed by atoms with Crippen LogP contribution < -0.4 is 5.32 Å². The minimum Gasteiger partial charge on any atom is -0.306 e. The summed E-state index contributed by atoms with van der Waals surface area (Å²) < 4.78 is 0. The highest BCUT2D eigenvalue weighted by molar-refractivity contribution is 5.26. The first kappa shape index (κ1) is 14.5. The standard InChI is InChI=1S/C17H23N/c1-4-6-8-13-17(5-2)15(3)18-14-16-11-9-7-10-12-16/h4-13,15,18H,14H2,1-3H3/b6-4-,13-8-,17-5+. The van der Waals surface area contributed by atoms with Crippen molar-refractivity contribution in [2.24, 2.45) is 0 Å². The molecule has 0 aliphatic carbocycles. The van der Waals surface area contributed by atoms with Gasteiger partial charge in [-0.1, -0.05) is 60.7 Å². The van der Waals surface area contributed by atoms with E-state index >= 15 is 0 Å². The zero-order valence-corrected chi connectivity index (χ0v) is 11.6. The number of hydrogen-bond donors (Lipinski definition) is 1. The molecule has 1 atom stereocenters. The van der Waals surface area contributed by atoms with E-state index in [0.717, 1.165) is 6.54 Å². The smallest absolute Gasteiger partial charge is 0.0291 e. The summed E-state index contributed by atoms with van der Waals surface area (Å²) in [5.41, 5.74) is 2.63. The van der Waals surface area contributed by atoms with Gasteiger partial charge >= 0.3 is 0 Å². The zero-order chi connectivity index (χ0) is 13.2. The molecule has 0 amide bonds. The van der Waals surface area contributed by atoms with Crippen LogP contribution in [0.15, 0.2) is 66.3 Å². The maximum atomic E-state index is 3.53. The van der Waals surface area contributed by atoms with Crippen LogP contribution in [0.2, 0.25) is 0 Å². The SMILES string of the molecule is C\C=C/C=C\C(=C/C)C(C)NCc1ccccc1. The van der Waals surface area contributed by atoms with Gasteiger partial charge in [0, 0.05) is 12.6 Å². The zero-order valence-electron chi connectivity index (χ0n) is 11.6. The molecule has 0 fully saturated rings. The maximum Gasteiger partial charge on any atom is 0.0291 e. The number of rotatable bonds is 6. The molecule has 1 aromatic rings. The van der Waals surface area contributed by atoms with Crippen molar-refractivity contribution in [2.75, 3.05) is 0 Å². The van der Waals surface area contributed by atoms with Gasteiger partial charge in [0.05, 0.1) is 0 Å². The molecule has 0 saturated heterocycles. The molecular weight excluding hydrogens is 218 g/mol. The van der Waals surface area contributed by atoms with Crippen LogP contribution >= 0.6 is 0 Å². The Morgan fingerprint density at radius 2 is 1.89 bits per heavy atom. The topological polar surface area (TPSA) is 12.0 Å². The maximum absolute atomic E-state index is 3.53. The molecule has 96 valence electrons. The fourth-order valence-corrected chi connectivity index (χ4v) is 1.75. The van der Waals surface area contributed by atoms with E-state index in [1.165, 1.54) is 11.1 Å². The summed E-state index contributed by atoms with van der Waals surface area (Å²) >= 11 is 0. The Labute approximate surface area is 111 Å². The minimum atomic E-state index is 0.358. The summed E-state index contributed by atoms with van der Waals surface area (Å²) in [6.45, 7) is 7.20. The molecule has 0 aliphatic rings. The van der Waals surface area contributed by atoms with Gasteiger partial charge in [0.1, 0.15) is 0 Å². The van der Waals surface area contributed by atoms with E-state index < -0.39 is 0 Å². The number of nitrogens with one attached hydrogen (secondary N) is 1. The van der Waals surface area contributed by atoms with Crippen LogP contribution in [0.5, 0.6) is 0 Å². The van der Waals surface area contributed by atoms with Gasteiger partial charge in [0.25, 0.3) is 0 Å². The van der Waals surface area contributed by atoms with Gasteiger partial charge in [-0.3, -0.25) is 0 Å². The highest BCUT2D eigenvalue weighted by atomic mass is 14.9. The van der Waals surface area contributed by atoms with E-state index in [0.29, 0.717) is 6.04 Å². The van der Waals surface area contributed by atoms with E-state index in [2.05, 4.69) is 61.7 Å². The highest BCUT2D eigenvalue weighted by Gasteiger charge is 2.03. The third kappa shape index (κ3) is 5.15. The van der Waals surface area contributed by atoms with Crippen LogP contribution in [0.4, 0.5) is 0 Å². The van der Waals surface area contributed by atoms with Gasteiger partial charge in [0.2, 0.25) is 0 Å². The molecule has 0 saturated carbocycles. The van der Waals surface area contributed by atoms with E-state index in [1.807, 2.05) is 25.1 Å². The van der Waals surface area contributed by atoms with Crippen molar-refractivity contribution >= 4 is 0 Å². The van der Waals surface area contributed by atoms with Crippen molar-refractivity contribution in [3.05, 3.63) is 71.8 Å². The van der Waals surface area contributed by atoms with Crippen LogP contribution in [0.25, 0.3) is 0 Å². The third-order valence-electron chi connectivity index (χ3n) is 2.88. The summed E-state index contributed by atoms with van der Waals surface area (Å²) in [5, 5.41) is 3.53. The highest BCUT2D eigenvalue weighted by Crippen LogP contribution is 2.06.